The Morgan fingerprint density at radius 1 is 1.47 bits per heavy atom. The summed E-state index contributed by atoms with van der Waals surface area (Å²) in [6.45, 7) is 7.65. The lowest BCUT2D eigenvalue weighted by atomic mass is 10.2. The zero-order valence-corrected chi connectivity index (χ0v) is 10.6. The monoisotopic (exact) mass is 238 g/mol. The minimum Gasteiger partial charge on any atom is -0.443 e. The molecule has 17 heavy (non-hydrogen) atoms. The summed E-state index contributed by atoms with van der Waals surface area (Å²) in [7, 11) is 0. The number of hydrazine groups is 1. The van der Waals surface area contributed by atoms with Crippen molar-refractivity contribution in [3.63, 3.8) is 0 Å². The third kappa shape index (κ3) is 5.82. The van der Waals surface area contributed by atoms with Gasteiger partial charge in [0.2, 0.25) is 0 Å². The molecule has 0 aliphatic heterocycles. The van der Waals surface area contributed by atoms with Crippen LogP contribution in [0.4, 0.5) is 4.79 Å². The Kier molecular flexibility index (Phi) is 4.39. The molecule has 0 radical (unpaired) electrons. The number of hydrogen-bond donors (Lipinski definition) is 2. The molecule has 0 saturated carbocycles. The minimum atomic E-state index is -0.511. The Balaban J connectivity index is 2.31. The first kappa shape index (κ1) is 13.4. The quantitative estimate of drug-likeness (QED) is 0.776. The molecule has 0 aliphatic carbocycles. The van der Waals surface area contributed by atoms with Crippen LogP contribution >= 0.6 is 0 Å². The third-order valence-corrected chi connectivity index (χ3v) is 1.69. The molecule has 1 aromatic heterocycles. The predicted octanol–water partition coefficient (Wildman–Crippen LogP) is 1.31. The summed E-state index contributed by atoms with van der Waals surface area (Å²) in [5, 5.41) is 0. The van der Waals surface area contributed by atoms with E-state index in [4.69, 9.17) is 4.74 Å². The molecule has 1 heterocycles. The van der Waals surface area contributed by atoms with E-state index in [1.165, 1.54) is 0 Å². The van der Waals surface area contributed by atoms with Crippen LogP contribution in [0, 0.1) is 6.92 Å². The number of amides is 1. The number of hydrogen-bond acceptors (Lipinski definition) is 5. The minimum absolute atomic E-state index is 0.419. The van der Waals surface area contributed by atoms with E-state index >= 15 is 0 Å². The summed E-state index contributed by atoms with van der Waals surface area (Å²) in [4.78, 5) is 19.4. The molecular formula is C11H18N4O2. The van der Waals surface area contributed by atoms with Gasteiger partial charge in [0.25, 0.3) is 0 Å². The van der Waals surface area contributed by atoms with Crippen molar-refractivity contribution in [2.75, 3.05) is 0 Å². The van der Waals surface area contributed by atoms with Crippen LogP contribution in [0.2, 0.25) is 0 Å². The van der Waals surface area contributed by atoms with Crippen LogP contribution in [-0.4, -0.2) is 21.7 Å². The zero-order chi connectivity index (χ0) is 12.9. The molecule has 1 rings (SSSR count). The van der Waals surface area contributed by atoms with Gasteiger partial charge in [-0.3, -0.25) is 5.43 Å². The molecule has 0 spiro atoms. The summed E-state index contributed by atoms with van der Waals surface area (Å²) in [5.41, 5.74) is 5.47. The lowest BCUT2D eigenvalue weighted by molar-refractivity contribution is 0.0497. The van der Waals surface area contributed by atoms with Crippen LogP contribution in [-0.2, 0) is 11.3 Å². The molecule has 0 unspecified atom stereocenters. The lowest BCUT2D eigenvalue weighted by Gasteiger charge is -2.19. The highest BCUT2D eigenvalue weighted by molar-refractivity contribution is 5.66. The number of aryl methyl sites for hydroxylation is 1. The summed E-state index contributed by atoms with van der Waals surface area (Å²) < 4.78 is 5.05. The highest BCUT2D eigenvalue weighted by Gasteiger charge is 2.15. The van der Waals surface area contributed by atoms with Crippen molar-refractivity contribution >= 4 is 6.09 Å². The van der Waals surface area contributed by atoms with Crippen LogP contribution in [0.5, 0.6) is 0 Å². The van der Waals surface area contributed by atoms with Gasteiger partial charge in [-0.15, -0.1) is 0 Å². The van der Waals surface area contributed by atoms with Crippen molar-refractivity contribution in [2.45, 2.75) is 39.8 Å². The van der Waals surface area contributed by atoms with Crippen molar-refractivity contribution in [1.29, 1.82) is 0 Å². The molecule has 0 aromatic carbocycles. The van der Waals surface area contributed by atoms with Crippen LogP contribution in [0.15, 0.2) is 12.3 Å². The van der Waals surface area contributed by atoms with E-state index in [-0.39, 0.29) is 0 Å². The summed E-state index contributed by atoms with van der Waals surface area (Å²) in [6.07, 6.45) is 1.16. The summed E-state index contributed by atoms with van der Waals surface area (Å²) in [6, 6.07) is 1.77. The van der Waals surface area contributed by atoms with Crippen molar-refractivity contribution in [2.24, 2.45) is 0 Å². The number of carbonyl (C=O) groups is 1. The van der Waals surface area contributed by atoms with Gasteiger partial charge in [0.1, 0.15) is 11.4 Å². The summed E-state index contributed by atoms with van der Waals surface area (Å²) in [5.74, 6) is 0.696. The molecule has 2 N–H and O–H groups in total. The first-order chi connectivity index (χ1) is 7.87. The van der Waals surface area contributed by atoms with E-state index in [1.807, 2.05) is 6.92 Å². The largest absolute Gasteiger partial charge is 0.443 e. The van der Waals surface area contributed by atoms with Crippen LogP contribution in [0.1, 0.15) is 32.3 Å². The Morgan fingerprint density at radius 3 is 2.76 bits per heavy atom. The third-order valence-electron chi connectivity index (χ3n) is 1.69. The molecule has 0 aliphatic rings. The van der Waals surface area contributed by atoms with Gasteiger partial charge in [-0.1, -0.05) is 0 Å². The Bertz CT molecular complexity index is 387. The highest BCUT2D eigenvalue weighted by Crippen LogP contribution is 2.05. The van der Waals surface area contributed by atoms with Gasteiger partial charge in [0.15, 0.2) is 0 Å². The van der Waals surface area contributed by atoms with Crippen LogP contribution in [0.25, 0.3) is 0 Å². The smallest absolute Gasteiger partial charge is 0.422 e. The van der Waals surface area contributed by atoms with Crippen LogP contribution < -0.4 is 10.9 Å². The van der Waals surface area contributed by atoms with Crippen molar-refractivity contribution in [1.82, 2.24) is 20.8 Å². The number of nitrogens with one attached hydrogen (secondary N) is 2. The molecule has 1 amide bonds. The first-order valence-electron chi connectivity index (χ1n) is 5.37. The highest BCUT2D eigenvalue weighted by atomic mass is 16.6. The summed E-state index contributed by atoms with van der Waals surface area (Å²) >= 11 is 0. The number of rotatable bonds is 3. The lowest BCUT2D eigenvalue weighted by Crippen LogP contribution is -2.40. The van der Waals surface area contributed by atoms with E-state index in [0.29, 0.717) is 12.4 Å². The van der Waals surface area contributed by atoms with Crippen molar-refractivity contribution < 1.29 is 9.53 Å². The van der Waals surface area contributed by atoms with E-state index < -0.39 is 11.7 Å². The Labute approximate surface area is 101 Å². The Morgan fingerprint density at radius 2 is 2.18 bits per heavy atom. The number of ether oxygens (including phenoxy) is 1. The first-order valence-corrected chi connectivity index (χ1v) is 5.37. The maximum atomic E-state index is 11.3. The fraction of sp³-hybridized carbons (Fsp3) is 0.545. The van der Waals surface area contributed by atoms with Crippen molar-refractivity contribution in [3.05, 3.63) is 23.8 Å². The molecule has 0 bridgehead atoms. The average molecular weight is 238 g/mol. The van der Waals surface area contributed by atoms with E-state index in [9.17, 15) is 4.79 Å². The van der Waals surface area contributed by atoms with Gasteiger partial charge in [0.05, 0.1) is 12.2 Å². The van der Waals surface area contributed by atoms with E-state index in [0.717, 1.165) is 5.69 Å². The second-order valence-electron chi connectivity index (χ2n) is 4.58. The topological polar surface area (TPSA) is 76.1 Å². The number of nitrogens with zero attached hydrogens (tertiary/aromatic N) is 2. The average Bonchev–Trinajstić information content (AvgIpc) is 2.14. The maximum absolute atomic E-state index is 11.3. The van der Waals surface area contributed by atoms with Crippen LogP contribution in [0.3, 0.4) is 0 Å². The van der Waals surface area contributed by atoms with E-state index in [1.54, 1.807) is 33.0 Å². The molecular weight excluding hydrogens is 220 g/mol. The molecule has 0 atom stereocenters. The van der Waals surface area contributed by atoms with Gasteiger partial charge >= 0.3 is 6.09 Å². The number of aromatic nitrogens is 2. The van der Waals surface area contributed by atoms with Gasteiger partial charge < -0.3 is 4.74 Å². The number of carbonyl (C=O) groups excluding carboxylic acids is 1. The second kappa shape index (κ2) is 5.58. The maximum Gasteiger partial charge on any atom is 0.422 e. The predicted molar refractivity (Wildman–Crippen MR) is 63.0 cm³/mol. The molecule has 1 aromatic rings. The van der Waals surface area contributed by atoms with Gasteiger partial charge in [0, 0.05) is 6.20 Å². The fourth-order valence-electron chi connectivity index (χ4n) is 1.11. The van der Waals surface area contributed by atoms with Gasteiger partial charge in [-0.25, -0.2) is 20.2 Å². The molecule has 0 fully saturated rings. The van der Waals surface area contributed by atoms with Gasteiger partial charge in [-0.2, -0.15) is 0 Å². The molecule has 0 saturated heterocycles. The molecule has 6 heteroatoms. The SMILES string of the molecule is Cc1nccc(CNNC(=O)OC(C)(C)C)n1. The standard InChI is InChI=1S/C11H18N4O2/c1-8-12-6-5-9(14-8)7-13-15-10(16)17-11(2,3)4/h5-6,13H,7H2,1-4H3,(H,15,16). The fourth-order valence-corrected chi connectivity index (χ4v) is 1.11. The molecule has 94 valence electrons. The second-order valence-corrected chi connectivity index (χ2v) is 4.58. The normalized spacial score (nSPS) is 11.1. The Hall–Kier alpha value is -1.69. The zero-order valence-electron chi connectivity index (χ0n) is 10.6. The van der Waals surface area contributed by atoms with Crippen molar-refractivity contribution in [3.8, 4) is 0 Å². The molecule has 6 nitrogen and oxygen atoms in total. The van der Waals surface area contributed by atoms with E-state index in [2.05, 4.69) is 20.8 Å². The van der Waals surface area contributed by atoms with Gasteiger partial charge in [-0.05, 0) is 33.8 Å².